The number of hydrogen-bond acceptors (Lipinski definition) is 3. The maximum absolute atomic E-state index is 12.1. The zero-order chi connectivity index (χ0) is 17.9. The summed E-state index contributed by atoms with van der Waals surface area (Å²) in [5, 5.41) is 9.66. The maximum atomic E-state index is 12.1. The zero-order valence-corrected chi connectivity index (χ0v) is 19.1. The Hall–Kier alpha value is -0.830. The molecule has 1 saturated carbocycles. The van der Waals surface area contributed by atoms with Gasteiger partial charge in [0.05, 0.1) is 6.54 Å². The molecule has 1 aliphatic rings. The molecule has 148 valence electrons. The highest BCUT2D eigenvalue weighted by Crippen LogP contribution is 2.18. The molecular weight excluding hydrogens is 459 g/mol. The first-order valence-corrected chi connectivity index (χ1v) is 10.4. The molecule has 2 rings (SSSR count). The number of amides is 1. The normalized spacial score (nSPS) is 15.2. The average Bonchev–Trinajstić information content (AvgIpc) is 3.08. The number of nitrogens with one attached hydrogen (secondary N) is 3. The molecule has 26 heavy (non-hydrogen) atoms. The zero-order valence-electron chi connectivity index (χ0n) is 16.0. The number of thiophene rings is 1. The summed E-state index contributed by atoms with van der Waals surface area (Å²) < 4.78 is 0. The van der Waals surface area contributed by atoms with Crippen LogP contribution in [0, 0.1) is 0 Å². The number of aliphatic imine (C=N–C) groups is 1. The second-order valence-electron chi connectivity index (χ2n) is 6.50. The molecule has 1 fully saturated rings. The van der Waals surface area contributed by atoms with E-state index in [0.717, 1.165) is 31.8 Å². The van der Waals surface area contributed by atoms with E-state index in [1.54, 1.807) is 0 Å². The van der Waals surface area contributed by atoms with Crippen molar-refractivity contribution in [2.45, 2.75) is 71.4 Å². The largest absolute Gasteiger partial charge is 0.357 e. The summed E-state index contributed by atoms with van der Waals surface area (Å²) in [6, 6.07) is 4.70. The Bertz CT molecular complexity index is 555. The van der Waals surface area contributed by atoms with Crippen LogP contribution in [0.1, 0.15) is 62.1 Å². The maximum Gasteiger partial charge on any atom is 0.221 e. The smallest absolute Gasteiger partial charge is 0.221 e. The van der Waals surface area contributed by atoms with Crippen LogP contribution in [-0.4, -0.2) is 31.0 Å². The number of nitrogens with zero attached hydrogens (tertiary/aromatic N) is 1. The Morgan fingerprint density at radius 2 is 1.88 bits per heavy atom. The summed E-state index contributed by atoms with van der Waals surface area (Å²) in [4.78, 5) is 19.3. The van der Waals surface area contributed by atoms with Crippen molar-refractivity contribution in [1.82, 2.24) is 16.0 Å². The number of carbonyl (C=O) groups is 1. The molecule has 1 aliphatic carbocycles. The van der Waals surface area contributed by atoms with E-state index in [2.05, 4.69) is 40.0 Å². The SMILES string of the molecule is CCNC(=NCc1ccc(CC)s1)NCCC(=O)NC1CCCCC1.I. The van der Waals surface area contributed by atoms with Crippen molar-refractivity contribution < 1.29 is 4.79 Å². The molecule has 0 unspecified atom stereocenters. The molecule has 0 aromatic carbocycles. The third kappa shape index (κ3) is 8.70. The summed E-state index contributed by atoms with van der Waals surface area (Å²) in [5.74, 6) is 0.917. The van der Waals surface area contributed by atoms with E-state index < -0.39 is 0 Å². The van der Waals surface area contributed by atoms with Gasteiger partial charge in [0, 0.05) is 35.3 Å². The number of carbonyl (C=O) groups excluding carboxylic acids is 1. The van der Waals surface area contributed by atoms with Gasteiger partial charge in [-0.1, -0.05) is 26.2 Å². The van der Waals surface area contributed by atoms with Crippen LogP contribution in [0.25, 0.3) is 0 Å². The van der Waals surface area contributed by atoms with Crippen LogP contribution in [0.15, 0.2) is 17.1 Å². The van der Waals surface area contributed by atoms with E-state index in [1.807, 2.05) is 18.3 Å². The molecule has 0 aliphatic heterocycles. The van der Waals surface area contributed by atoms with E-state index in [9.17, 15) is 4.79 Å². The average molecular weight is 492 g/mol. The van der Waals surface area contributed by atoms with Crippen LogP contribution in [0.4, 0.5) is 0 Å². The predicted molar refractivity (Wildman–Crippen MR) is 122 cm³/mol. The van der Waals surface area contributed by atoms with Crippen molar-refractivity contribution >= 4 is 47.2 Å². The third-order valence-corrected chi connectivity index (χ3v) is 5.63. The summed E-state index contributed by atoms with van der Waals surface area (Å²) in [6.45, 7) is 6.31. The van der Waals surface area contributed by atoms with Gasteiger partial charge in [0.25, 0.3) is 0 Å². The summed E-state index contributed by atoms with van der Waals surface area (Å²) in [5.41, 5.74) is 0. The summed E-state index contributed by atoms with van der Waals surface area (Å²) in [7, 11) is 0. The lowest BCUT2D eigenvalue weighted by atomic mass is 9.95. The van der Waals surface area contributed by atoms with Gasteiger partial charge in [0.15, 0.2) is 5.96 Å². The van der Waals surface area contributed by atoms with Gasteiger partial charge in [-0.15, -0.1) is 35.3 Å². The summed E-state index contributed by atoms with van der Waals surface area (Å²) in [6.07, 6.45) is 7.60. The molecule has 1 aromatic heterocycles. The predicted octanol–water partition coefficient (Wildman–Crippen LogP) is 3.82. The number of aryl methyl sites for hydroxylation is 1. The molecule has 0 radical (unpaired) electrons. The topological polar surface area (TPSA) is 65.5 Å². The monoisotopic (exact) mass is 492 g/mol. The van der Waals surface area contributed by atoms with Crippen LogP contribution in [-0.2, 0) is 17.8 Å². The highest BCUT2D eigenvalue weighted by atomic mass is 127. The number of hydrogen-bond donors (Lipinski definition) is 3. The van der Waals surface area contributed by atoms with Gasteiger partial charge < -0.3 is 16.0 Å². The Labute approximate surface area is 178 Å². The van der Waals surface area contributed by atoms with Gasteiger partial charge in [-0.2, -0.15) is 0 Å². The van der Waals surface area contributed by atoms with Crippen molar-refractivity contribution in [2.24, 2.45) is 4.99 Å². The first-order valence-electron chi connectivity index (χ1n) is 9.60. The van der Waals surface area contributed by atoms with Crippen molar-refractivity contribution in [2.75, 3.05) is 13.1 Å². The van der Waals surface area contributed by atoms with Crippen LogP contribution >= 0.6 is 35.3 Å². The van der Waals surface area contributed by atoms with E-state index >= 15 is 0 Å². The molecule has 0 spiro atoms. The number of guanidine groups is 1. The molecule has 0 saturated heterocycles. The number of rotatable bonds is 8. The molecule has 0 bridgehead atoms. The number of halogens is 1. The minimum Gasteiger partial charge on any atom is -0.357 e. The second-order valence-corrected chi connectivity index (χ2v) is 7.75. The Morgan fingerprint density at radius 1 is 1.15 bits per heavy atom. The van der Waals surface area contributed by atoms with Crippen LogP contribution in [0.3, 0.4) is 0 Å². The van der Waals surface area contributed by atoms with Crippen molar-refractivity contribution in [3.05, 3.63) is 21.9 Å². The second kappa shape index (κ2) is 13.4. The molecule has 1 amide bonds. The molecule has 1 heterocycles. The van der Waals surface area contributed by atoms with E-state index in [0.29, 0.717) is 25.6 Å². The molecule has 1 aromatic rings. The van der Waals surface area contributed by atoms with Crippen LogP contribution in [0.5, 0.6) is 0 Å². The van der Waals surface area contributed by atoms with Crippen LogP contribution < -0.4 is 16.0 Å². The molecule has 0 atom stereocenters. The van der Waals surface area contributed by atoms with Gasteiger partial charge in [0.1, 0.15) is 0 Å². The standard InChI is InChI=1S/C19H32N4OS.HI/c1-3-16-10-11-17(25-16)14-22-19(20-4-2)21-13-12-18(24)23-15-8-6-5-7-9-15;/h10-11,15H,3-9,12-14H2,1-2H3,(H,23,24)(H2,20,21,22);1H. The van der Waals surface area contributed by atoms with Gasteiger partial charge in [-0.25, -0.2) is 4.99 Å². The van der Waals surface area contributed by atoms with Crippen molar-refractivity contribution in [3.63, 3.8) is 0 Å². The fraction of sp³-hybridized carbons (Fsp3) is 0.684. The lowest BCUT2D eigenvalue weighted by molar-refractivity contribution is -0.121. The van der Waals surface area contributed by atoms with Gasteiger partial charge >= 0.3 is 0 Å². The highest BCUT2D eigenvalue weighted by Gasteiger charge is 2.15. The van der Waals surface area contributed by atoms with Gasteiger partial charge in [-0.05, 0) is 38.3 Å². The first-order chi connectivity index (χ1) is 12.2. The molecule has 7 heteroatoms. The highest BCUT2D eigenvalue weighted by molar-refractivity contribution is 14.0. The molecule has 3 N–H and O–H groups in total. The van der Waals surface area contributed by atoms with Gasteiger partial charge in [0.2, 0.25) is 5.91 Å². The minimum atomic E-state index is 0. The van der Waals surface area contributed by atoms with Crippen LogP contribution in [0.2, 0.25) is 0 Å². The lowest BCUT2D eigenvalue weighted by Gasteiger charge is -2.22. The Balaban J connectivity index is 0.00000338. The quantitative estimate of drug-likeness (QED) is 0.294. The van der Waals surface area contributed by atoms with Gasteiger partial charge in [-0.3, -0.25) is 4.79 Å². The third-order valence-electron chi connectivity index (χ3n) is 4.42. The molecular formula is C19H33IN4OS. The lowest BCUT2D eigenvalue weighted by Crippen LogP contribution is -2.41. The van der Waals surface area contributed by atoms with E-state index in [1.165, 1.54) is 29.0 Å². The fourth-order valence-corrected chi connectivity index (χ4v) is 3.92. The van der Waals surface area contributed by atoms with E-state index in [-0.39, 0.29) is 29.9 Å². The van der Waals surface area contributed by atoms with E-state index in [4.69, 9.17) is 0 Å². The Morgan fingerprint density at radius 3 is 2.54 bits per heavy atom. The summed E-state index contributed by atoms with van der Waals surface area (Å²) >= 11 is 1.81. The first kappa shape index (κ1) is 23.2. The van der Waals surface area contributed by atoms with Crippen molar-refractivity contribution in [1.29, 1.82) is 0 Å². The molecule has 5 nitrogen and oxygen atoms in total. The minimum absolute atomic E-state index is 0. The fourth-order valence-electron chi connectivity index (χ4n) is 3.04. The van der Waals surface area contributed by atoms with Crippen molar-refractivity contribution in [3.8, 4) is 0 Å². The Kier molecular flexibility index (Phi) is 11.9.